The molecule has 1 saturated heterocycles. The third-order valence-corrected chi connectivity index (χ3v) is 4.36. The molecule has 1 fully saturated rings. The third kappa shape index (κ3) is 4.13. The Morgan fingerprint density at radius 2 is 1.92 bits per heavy atom. The molecule has 2 atom stereocenters. The molecule has 6 nitrogen and oxygen atoms in total. The van der Waals surface area contributed by atoms with Crippen LogP contribution in [0.1, 0.15) is 51.5 Å². The number of rotatable bonds is 7. The summed E-state index contributed by atoms with van der Waals surface area (Å²) in [4.78, 5) is 37.0. The first-order valence-electron chi connectivity index (χ1n) is 8.47. The van der Waals surface area contributed by atoms with Gasteiger partial charge in [-0.05, 0) is 36.5 Å². The zero-order chi connectivity index (χ0) is 17.7. The first-order valence-corrected chi connectivity index (χ1v) is 8.47. The molecule has 1 heterocycles. The molecule has 0 saturated carbocycles. The van der Waals surface area contributed by atoms with E-state index in [1.165, 1.54) is 5.56 Å². The second-order valence-corrected chi connectivity index (χ2v) is 6.19. The van der Waals surface area contributed by atoms with Crippen molar-refractivity contribution in [3.63, 3.8) is 0 Å². The first-order chi connectivity index (χ1) is 11.5. The van der Waals surface area contributed by atoms with Gasteiger partial charge in [0, 0.05) is 5.69 Å². The van der Waals surface area contributed by atoms with Gasteiger partial charge in [0.2, 0.25) is 5.91 Å². The predicted molar refractivity (Wildman–Crippen MR) is 92.7 cm³/mol. The van der Waals surface area contributed by atoms with Gasteiger partial charge in [-0.3, -0.25) is 14.5 Å². The lowest BCUT2D eigenvalue weighted by Gasteiger charge is -2.14. The first kappa shape index (κ1) is 18.0. The molecule has 1 aromatic rings. The third-order valence-electron chi connectivity index (χ3n) is 4.36. The molecule has 130 valence electrons. The van der Waals surface area contributed by atoms with Crippen LogP contribution in [-0.2, 0) is 9.59 Å². The van der Waals surface area contributed by atoms with Gasteiger partial charge in [-0.2, -0.15) is 0 Å². The van der Waals surface area contributed by atoms with E-state index in [4.69, 9.17) is 0 Å². The van der Waals surface area contributed by atoms with Gasteiger partial charge in [-0.15, -0.1) is 0 Å². The molecule has 2 unspecified atom stereocenters. The summed E-state index contributed by atoms with van der Waals surface area (Å²) in [6, 6.07) is 6.63. The lowest BCUT2D eigenvalue weighted by molar-refractivity contribution is -0.130. The topological polar surface area (TPSA) is 78.5 Å². The average Bonchev–Trinajstić information content (AvgIpc) is 2.83. The van der Waals surface area contributed by atoms with Gasteiger partial charge in [0.15, 0.2) is 0 Å². The van der Waals surface area contributed by atoms with Crippen molar-refractivity contribution < 1.29 is 14.4 Å². The van der Waals surface area contributed by atoms with E-state index in [9.17, 15) is 14.4 Å². The summed E-state index contributed by atoms with van der Waals surface area (Å²) in [6.45, 7) is 5.96. The highest BCUT2D eigenvalue weighted by Gasteiger charge is 2.38. The van der Waals surface area contributed by atoms with Crippen LogP contribution in [0.15, 0.2) is 24.3 Å². The highest BCUT2D eigenvalue weighted by atomic mass is 16.2. The van der Waals surface area contributed by atoms with E-state index in [0.717, 1.165) is 17.7 Å². The van der Waals surface area contributed by atoms with Crippen LogP contribution in [0.25, 0.3) is 0 Å². The second kappa shape index (κ2) is 7.95. The Labute approximate surface area is 142 Å². The monoisotopic (exact) mass is 331 g/mol. The molecule has 1 aromatic carbocycles. The summed E-state index contributed by atoms with van der Waals surface area (Å²) in [6.07, 6.45) is 2.43. The van der Waals surface area contributed by atoms with Crippen molar-refractivity contribution in [1.29, 1.82) is 0 Å². The van der Waals surface area contributed by atoms with Gasteiger partial charge in [-0.1, -0.05) is 39.3 Å². The number of nitrogens with one attached hydrogen (secondary N) is 2. The van der Waals surface area contributed by atoms with E-state index in [-0.39, 0.29) is 18.4 Å². The number of hydrogen-bond acceptors (Lipinski definition) is 3. The fourth-order valence-electron chi connectivity index (χ4n) is 2.69. The average molecular weight is 331 g/mol. The predicted octanol–water partition coefficient (Wildman–Crippen LogP) is 2.86. The molecule has 0 radical (unpaired) electrons. The number of benzene rings is 1. The van der Waals surface area contributed by atoms with Crippen molar-refractivity contribution in [3.05, 3.63) is 29.8 Å². The van der Waals surface area contributed by atoms with Crippen molar-refractivity contribution in [2.75, 3.05) is 11.9 Å². The Bertz CT molecular complexity index is 612. The molecule has 1 aliphatic heterocycles. The standard InChI is InChI=1S/C18H25N3O3/c1-4-6-15-17(23)21(18(24)20-15)11-16(22)19-14-9-7-13(8-10-14)12(3)5-2/h7-10,12,15H,4-6,11H2,1-3H3,(H,19,22)(H,20,24). The molecule has 24 heavy (non-hydrogen) atoms. The minimum Gasteiger partial charge on any atom is -0.326 e. The largest absolute Gasteiger partial charge is 0.326 e. The van der Waals surface area contributed by atoms with Gasteiger partial charge >= 0.3 is 6.03 Å². The number of hydrogen-bond donors (Lipinski definition) is 2. The molecular formula is C18H25N3O3. The Morgan fingerprint density at radius 1 is 1.25 bits per heavy atom. The molecule has 2 N–H and O–H groups in total. The minimum atomic E-state index is -0.509. The summed E-state index contributed by atoms with van der Waals surface area (Å²) in [5, 5.41) is 5.34. The maximum Gasteiger partial charge on any atom is 0.325 e. The highest BCUT2D eigenvalue weighted by Crippen LogP contribution is 2.20. The molecule has 0 aromatic heterocycles. The van der Waals surface area contributed by atoms with E-state index in [2.05, 4.69) is 24.5 Å². The molecule has 0 bridgehead atoms. The van der Waals surface area contributed by atoms with Crippen LogP contribution >= 0.6 is 0 Å². The van der Waals surface area contributed by atoms with Crippen LogP contribution in [0.2, 0.25) is 0 Å². The Balaban J connectivity index is 1.93. The molecule has 0 spiro atoms. The van der Waals surface area contributed by atoms with Crippen LogP contribution in [0.5, 0.6) is 0 Å². The van der Waals surface area contributed by atoms with Crippen LogP contribution in [0, 0.1) is 0 Å². The van der Waals surface area contributed by atoms with Crippen molar-refractivity contribution >= 4 is 23.5 Å². The summed E-state index contributed by atoms with van der Waals surface area (Å²) in [7, 11) is 0. The van der Waals surface area contributed by atoms with Gasteiger partial charge in [-0.25, -0.2) is 4.79 Å². The van der Waals surface area contributed by atoms with Gasteiger partial charge < -0.3 is 10.6 Å². The fourth-order valence-corrected chi connectivity index (χ4v) is 2.69. The highest BCUT2D eigenvalue weighted by molar-refractivity contribution is 6.07. The Morgan fingerprint density at radius 3 is 2.50 bits per heavy atom. The molecule has 0 aliphatic carbocycles. The van der Waals surface area contributed by atoms with E-state index < -0.39 is 12.1 Å². The zero-order valence-corrected chi connectivity index (χ0v) is 14.5. The SMILES string of the molecule is CCCC1NC(=O)N(CC(=O)Nc2ccc(C(C)CC)cc2)C1=O. The maximum atomic E-state index is 12.1. The smallest absolute Gasteiger partial charge is 0.325 e. The lowest BCUT2D eigenvalue weighted by atomic mass is 9.99. The summed E-state index contributed by atoms with van der Waals surface area (Å²) in [5.74, 6) is -0.243. The summed E-state index contributed by atoms with van der Waals surface area (Å²) >= 11 is 0. The van der Waals surface area contributed by atoms with Gasteiger partial charge in [0.1, 0.15) is 12.6 Å². The van der Waals surface area contributed by atoms with Crippen LogP contribution in [0.4, 0.5) is 10.5 Å². The van der Waals surface area contributed by atoms with Gasteiger partial charge in [0.25, 0.3) is 5.91 Å². The number of carbonyl (C=O) groups excluding carboxylic acids is 3. The van der Waals surface area contributed by atoms with Crippen LogP contribution in [-0.4, -0.2) is 35.3 Å². The van der Waals surface area contributed by atoms with Crippen molar-refractivity contribution in [1.82, 2.24) is 10.2 Å². The number of anilines is 1. The zero-order valence-electron chi connectivity index (χ0n) is 14.5. The fraction of sp³-hybridized carbons (Fsp3) is 0.500. The van der Waals surface area contributed by atoms with Crippen molar-refractivity contribution in [2.24, 2.45) is 0 Å². The Hall–Kier alpha value is -2.37. The van der Waals surface area contributed by atoms with E-state index in [1.807, 2.05) is 31.2 Å². The number of carbonyl (C=O) groups is 3. The minimum absolute atomic E-state index is 0.266. The number of imide groups is 1. The molecule has 4 amide bonds. The molecular weight excluding hydrogens is 306 g/mol. The normalized spacial score (nSPS) is 18.5. The van der Waals surface area contributed by atoms with Crippen LogP contribution in [0.3, 0.4) is 0 Å². The summed E-state index contributed by atoms with van der Waals surface area (Å²) < 4.78 is 0. The molecule has 6 heteroatoms. The van der Waals surface area contributed by atoms with Gasteiger partial charge in [0.05, 0.1) is 0 Å². The van der Waals surface area contributed by atoms with E-state index in [1.54, 1.807) is 0 Å². The summed E-state index contributed by atoms with van der Waals surface area (Å²) in [5.41, 5.74) is 1.87. The number of nitrogens with zero attached hydrogens (tertiary/aromatic N) is 1. The molecule has 1 aliphatic rings. The second-order valence-electron chi connectivity index (χ2n) is 6.19. The quantitative estimate of drug-likeness (QED) is 0.754. The van der Waals surface area contributed by atoms with E-state index in [0.29, 0.717) is 18.0 Å². The molecule has 2 rings (SSSR count). The Kier molecular flexibility index (Phi) is 5.95. The van der Waals surface area contributed by atoms with E-state index >= 15 is 0 Å². The van der Waals surface area contributed by atoms with Crippen molar-refractivity contribution in [2.45, 2.75) is 52.0 Å². The maximum absolute atomic E-state index is 12.1. The van der Waals surface area contributed by atoms with Crippen LogP contribution < -0.4 is 10.6 Å². The van der Waals surface area contributed by atoms with Crippen molar-refractivity contribution in [3.8, 4) is 0 Å². The number of urea groups is 1. The number of amides is 4. The lowest BCUT2D eigenvalue weighted by Crippen LogP contribution is -2.38.